The van der Waals surface area contributed by atoms with E-state index in [0.29, 0.717) is 0 Å². The van der Waals surface area contributed by atoms with Crippen LogP contribution in [0.15, 0.2) is 24.3 Å². The molecule has 0 aliphatic carbocycles. The molecule has 35 heavy (non-hydrogen) atoms. The van der Waals surface area contributed by atoms with Crippen LogP contribution in [0.1, 0.15) is 22.0 Å². The summed E-state index contributed by atoms with van der Waals surface area (Å²) in [6.45, 7) is 0. The number of hydrogen-bond donors (Lipinski definition) is 9. The lowest BCUT2D eigenvalue weighted by Gasteiger charge is -2.41. The van der Waals surface area contributed by atoms with Crippen LogP contribution in [0.2, 0.25) is 0 Å². The Morgan fingerprint density at radius 2 is 1.49 bits per heavy atom. The van der Waals surface area contributed by atoms with Crippen LogP contribution in [-0.2, 0) is 14.3 Å². The molecular weight excluding hydrogens is 476 g/mol. The Hall–Kier alpha value is -3.82. The molecule has 2 aromatic carbocycles. The maximum atomic E-state index is 13.3. The van der Waals surface area contributed by atoms with Gasteiger partial charge in [-0.05, 0) is 12.1 Å². The molecule has 0 amide bonds. The van der Waals surface area contributed by atoms with Gasteiger partial charge in [0.05, 0.1) is 0 Å². The zero-order chi connectivity index (χ0) is 25.8. The van der Waals surface area contributed by atoms with Crippen LogP contribution in [0.4, 0.5) is 0 Å². The molecule has 14 heteroatoms. The highest BCUT2D eigenvalue weighted by Crippen LogP contribution is 2.46. The third kappa shape index (κ3) is 4.13. The first kappa shape index (κ1) is 24.3. The van der Waals surface area contributed by atoms with Crippen molar-refractivity contribution in [3.8, 4) is 34.5 Å². The second-order valence-corrected chi connectivity index (χ2v) is 7.94. The Morgan fingerprint density at radius 1 is 0.857 bits per heavy atom. The number of ether oxygens (including phenoxy) is 3. The molecule has 0 unspecified atom stereocenters. The van der Waals surface area contributed by atoms with Gasteiger partial charge in [-0.2, -0.15) is 0 Å². The van der Waals surface area contributed by atoms with E-state index in [4.69, 9.17) is 14.2 Å². The second kappa shape index (κ2) is 8.75. The quantitative estimate of drug-likeness (QED) is 0.226. The number of phenols is 5. The molecule has 2 aliphatic rings. The lowest BCUT2D eigenvalue weighted by molar-refractivity contribution is -0.304. The summed E-state index contributed by atoms with van der Waals surface area (Å²) in [7, 11) is 0. The molecule has 14 nitrogen and oxygen atoms in total. The molecule has 2 aliphatic heterocycles. The number of phenolic OH excluding ortho intramolecular Hbond substituents is 5. The van der Waals surface area contributed by atoms with Crippen molar-refractivity contribution >= 4 is 11.8 Å². The van der Waals surface area contributed by atoms with Crippen molar-refractivity contribution in [3.05, 3.63) is 35.4 Å². The number of carbonyl (C=O) groups excluding carboxylic acids is 1. The number of carboxylic acids is 1. The van der Waals surface area contributed by atoms with Gasteiger partial charge in [0.15, 0.2) is 41.9 Å². The summed E-state index contributed by atoms with van der Waals surface area (Å²) in [6.07, 6.45) is -13.6. The average Bonchev–Trinajstić information content (AvgIpc) is 2.77. The van der Waals surface area contributed by atoms with Gasteiger partial charge >= 0.3 is 5.97 Å². The fourth-order valence-electron chi connectivity index (χ4n) is 3.88. The average molecular weight is 496 g/mol. The fraction of sp³-hybridized carbons (Fsp3) is 0.333. The molecule has 9 N–H and O–H groups in total. The second-order valence-electron chi connectivity index (χ2n) is 7.94. The standard InChI is InChI=1S/C21H20O14/c22-6-3-7(23)11-10(4-6)33-17(5-1-8(24)12(26)9(25)2-5)18(13(11)27)34-21-16(30)14(28)15(29)19(35-21)20(31)32/h1-4,14-19,21-26,28-30H,(H,31,32)/t14-,15-,16+,17-,18-,19-,21+/m0/s1. The zero-order valence-corrected chi connectivity index (χ0v) is 17.4. The van der Waals surface area contributed by atoms with Gasteiger partial charge in [-0.3, -0.25) is 4.79 Å². The van der Waals surface area contributed by atoms with Gasteiger partial charge in [-0.25, -0.2) is 4.79 Å². The van der Waals surface area contributed by atoms with Gasteiger partial charge in [0.25, 0.3) is 0 Å². The smallest absolute Gasteiger partial charge is 0.335 e. The number of carbonyl (C=O) groups is 2. The van der Waals surface area contributed by atoms with E-state index in [0.717, 1.165) is 24.3 Å². The van der Waals surface area contributed by atoms with E-state index in [9.17, 15) is 55.5 Å². The van der Waals surface area contributed by atoms with E-state index in [1.54, 1.807) is 0 Å². The zero-order valence-electron chi connectivity index (χ0n) is 17.4. The molecule has 1 saturated heterocycles. The Balaban J connectivity index is 1.78. The van der Waals surface area contributed by atoms with Gasteiger partial charge < -0.3 is 60.2 Å². The normalized spacial score (nSPS) is 30.4. The number of ketones is 1. The van der Waals surface area contributed by atoms with Crippen molar-refractivity contribution in [1.82, 2.24) is 0 Å². The minimum Gasteiger partial charge on any atom is -0.508 e. The van der Waals surface area contributed by atoms with E-state index in [1.807, 2.05) is 0 Å². The highest BCUT2D eigenvalue weighted by atomic mass is 16.7. The van der Waals surface area contributed by atoms with Crippen LogP contribution in [0.5, 0.6) is 34.5 Å². The summed E-state index contributed by atoms with van der Waals surface area (Å²) in [5, 5.41) is 88.9. The van der Waals surface area contributed by atoms with Gasteiger partial charge in [-0.1, -0.05) is 0 Å². The van der Waals surface area contributed by atoms with Crippen molar-refractivity contribution in [2.75, 3.05) is 0 Å². The molecule has 0 spiro atoms. The molecular formula is C21H20O14. The maximum Gasteiger partial charge on any atom is 0.335 e. The van der Waals surface area contributed by atoms with Crippen molar-refractivity contribution in [2.45, 2.75) is 42.9 Å². The van der Waals surface area contributed by atoms with Crippen LogP contribution >= 0.6 is 0 Å². The summed E-state index contributed by atoms with van der Waals surface area (Å²) in [4.78, 5) is 24.7. The summed E-state index contributed by atoms with van der Waals surface area (Å²) in [6, 6.07) is 3.65. The topological polar surface area (TPSA) is 244 Å². The molecule has 0 radical (unpaired) electrons. The first-order valence-electron chi connectivity index (χ1n) is 10.00. The Bertz CT molecular complexity index is 1160. The maximum absolute atomic E-state index is 13.3. The molecule has 7 atom stereocenters. The molecule has 1 fully saturated rings. The third-order valence-electron chi connectivity index (χ3n) is 5.61. The van der Waals surface area contributed by atoms with E-state index < -0.39 is 89.0 Å². The molecule has 188 valence electrons. The van der Waals surface area contributed by atoms with Gasteiger partial charge in [0.1, 0.15) is 41.1 Å². The predicted octanol–water partition coefficient (Wildman–Crippen LogP) is -1.19. The van der Waals surface area contributed by atoms with Crippen LogP contribution in [0.3, 0.4) is 0 Å². The van der Waals surface area contributed by atoms with Gasteiger partial charge in [0.2, 0.25) is 5.78 Å². The number of carboxylic acid groups (broad SMARTS) is 1. The van der Waals surface area contributed by atoms with Crippen molar-refractivity contribution in [1.29, 1.82) is 0 Å². The summed E-state index contributed by atoms with van der Waals surface area (Å²) >= 11 is 0. The first-order chi connectivity index (χ1) is 16.4. The molecule has 0 saturated carbocycles. The number of Topliss-reactive ketones (excluding diaryl/α,β-unsaturated/α-hetero) is 1. The summed E-state index contributed by atoms with van der Waals surface area (Å²) in [5.74, 6) is -6.72. The minimum absolute atomic E-state index is 0.162. The van der Waals surface area contributed by atoms with Crippen LogP contribution in [0, 0.1) is 0 Å². The molecule has 0 aromatic heterocycles. The van der Waals surface area contributed by atoms with E-state index in [-0.39, 0.29) is 11.3 Å². The number of hydrogen-bond acceptors (Lipinski definition) is 13. The number of aliphatic hydroxyl groups excluding tert-OH is 3. The highest BCUT2D eigenvalue weighted by Gasteiger charge is 2.51. The number of aliphatic carboxylic acids is 1. The van der Waals surface area contributed by atoms with Crippen LogP contribution in [-0.4, -0.2) is 94.5 Å². The summed E-state index contributed by atoms with van der Waals surface area (Å²) < 4.78 is 16.2. The number of rotatable bonds is 4. The van der Waals surface area contributed by atoms with E-state index >= 15 is 0 Å². The van der Waals surface area contributed by atoms with Crippen LogP contribution < -0.4 is 4.74 Å². The number of fused-ring (bicyclic) bond motifs is 1. The van der Waals surface area contributed by atoms with Crippen LogP contribution in [0.25, 0.3) is 0 Å². The van der Waals surface area contributed by atoms with Crippen molar-refractivity contribution < 1.29 is 69.8 Å². The van der Waals surface area contributed by atoms with E-state index in [1.165, 1.54) is 0 Å². The number of benzene rings is 2. The Labute approximate surface area is 195 Å². The monoisotopic (exact) mass is 496 g/mol. The van der Waals surface area contributed by atoms with Gasteiger partial charge in [0, 0.05) is 17.7 Å². The SMILES string of the molecule is O=C(O)[C@H]1O[C@@H](O[C@H]2C(=O)c3c(O)cc(O)cc3O[C@H]2c2cc(O)c(O)c(O)c2)[C@H](O)[C@@H](O)[C@@H]1O. The first-order valence-corrected chi connectivity index (χ1v) is 10.00. The minimum atomic E-state index is -2.05. The fourth-order valence-corrected chi connectivity index (χ4v) is 3.88. The van der Waals surface area contributed by atoms with Gasteiger partial charge in [-0.15, -0.1) is 0 Å². The molecule has 4 rings (SSSR count). The highest BCUT2D eigenvalue weighted by molar-refractivity contribution is 6.05. The lowest BCUT2D eigenvalue weighted by Crippen LogP contribution is -2.61. The molecule has 0 bridgehead atoms. The molecule has 2 heterocycles. The van der Waals surface area contributed by atoms with Crippen molar-refractivity contribution in [3.63, 3.8) is 0 Å². The predicted molar refractivity (Wildman–Crippen MR) is 108 cm³/mol. The Morgan fingerprint density at radius 3 is 2.09 bits per heavy atom. The largest absolute Gasteiger partial charge is 0.508 e. The molecule has 2 aromatic rings. The third-order valence-corrected chi connectivity index (χ3v) is 5.61. The summed E-state index contributed by atoms with van der Waals surface area (Å²) in [5.41, 5.74) is -0.623. The van der Waals surface area contributed by atoms with E-state index in [2.05, 4.69) is 0 Å². The number of aromatic hydroxyl groups is 5. The lowest BCUT2D eigenvalue weighted by atomic mass is 9.91. The Kier molecular flexibility index (Phi) is 6.08. The van der Waals surface area contributed by atoms with Crippen molar-refractivity contribution in [2.24, 2.45) is 0 Å². The number of aliphatic hydroxyl groups is 3.